The Morgan fingerprint density at radius 2 is 2.00 bits per heavy atom. The van der Waals surface area contributed by atoms with Gasteiger partial charge in [-0.05, 0) is 24.7 Å². The van der Waals surface area contributed by atoms with Gasteiger partial charge in [0.2, 0.25) is 5.91 Å². The third-order valence-corrected chi connectivity index (χ3v) is 5.13. The summed E-state index contributed by atoms with van der Waals surface area (Å²) in [5.74, 6) is 1.31. The van der Waals surface area contributed by atoms with E-state index in [1.165, 1.54) is 32.1 Å². The molecule has 2 rings (SSSR count). The first-order chi connectivity index (χ1) is 9.61. The zero-order valence-corrected chi connectivity index (χ0v) is 13.0. The quantitative estimate of drug-likeness (QED) is 0.859. The Morgan fingerprint density at radius 1 is 1.30 bits per heavy atom. The Hall–Kier alpha value is -0.610. The molecule has 0 aromatic rings. The fourth-order valence-electron chi connectivity index (χ4n) is 3.66. The average Bonchev–Trinajstić information content (AvgIpc) is 2.48. The van der Waals surface area contributed by atoms with Crippen molar-refractivity contribution in [2.24, 2.45) is 17.6 Å². The lowest BCUT2D eigenvalue weighted by molar-refractivity contribution is -0.138. The van der Waals surface area contributed by atoms with Crippen LogP contribution in [-0.2, 0) is 9.53 Å². The minimum Gasteiger partial charge on any atom is -0.379 e. The maximum absolute atomic E-state index is 12.5. The van der Waals surface area contributed by atoms with Crippen molar-refractivity contribution < 1.29 is 9.53 Å². The second-order valence-electron chi connectivity index (χ2n) is 6.67. The fourth-order valence-corrected chi connectivity index (χ4v) is 3.66. The van der Waals surface area contributed by atoms with E-state index in [0.717, 1.165) is 19.4 Å². The van der Waals surface area contributed by atoms with Crippen LogP contribution in [0.4, 0.5) is 0 Å². The van der Waals surface area contributed by atoms with Crippen molar-refractivity contribution in [2.75, 3.05) is 20.2 Å². The number of carbonyl (C=O) groups is 1. The highest BCUT2D eigenvalue weighted by Crippen LogP contribution is 2.28. The minimum absolute atomic E-state index is 0.129. The number of carbonyl (C=O) groups excluding carboxylic acids is 1. The minimum atomic E-state index is -0.316. The molecule has 1 saturated heterocycles. The fraction of sp³-hybridized carbons (Fsp3) is 0.938. The van der Waals surface area contributed by atoms with Crippen molar-refractivity contribution in [3.63, 3.8) is 0 Å². The Kier molecular flexibility index (Phi) is 5.85. The number of amides is 1. The first kappa shape index (κ1) is 15.8. The van der Waals surface area contributed by atoms with E-state index < -0.39 is 0 Å². The van der Waals surface area contributed by atoms with Crippen LogP contribution in [-0.4, -0.2) is 43.2 Å². The van der Waals surface area contributed by atoms with E-state index in [4.69, 9.17) is 10.5 Å². The summed E-state index contributed by atoms with van der Waals surface area (Å²) in [4.78, 5) is 14.4. The number of likely N-dealkylation sites (tertiary alicyclic amines) is 1. The summed E-state index contributed by atoms with van der Waals surface area (Å²) in [7, 11) is 1.73. The van der Waals surface area contributed by atoms with Gasteiger partial charge in [0.05, 0.1) is 12.1 Å². The van der Waals surface area contributed by atoms with E-state index in [1.807, 2.05) is 4.90 Å². The summed E-state index contributed by atoms with van der Waals surface area (Å²) in [6, 6.07) is -0.316. The SMILES string of the molecule is COC1CN(C(=O)C(N)CC2CCCCC2)CCC1C. The van der Waals surface area contributed by atoms with Crippen molar-refractivity contribution in [1.29, 1.82) is 0 Å². The molecule has 2 N–H and O–H groups in total. The molecule has 0 aromatic carbocycles. The molecule has 0 aromatic heterocycles. The van der Waals surface area contributed by atoms with E-state index in [2.05, 4.69) is 6.92 Å². The summed E-state index contributed by atoms with van der Waals surface area (Å²) in [6.45, 7) is 3.73. The largest absolute Gasteiger partial charge is 0.379 e. The molecule has 1 heterocycles. The van der Waals surface area contributed by atoms with Crippen LogP contribution in [0.1, 0.15) is 51.9 Å². The van der Waals surface area contributed by atoms with E-state index >= 15 is 0 Å². The van der Waals surface area contributed by atoms with Crippen LogP contribution in [0.3, 0.4) is 0 Å². The molecule has 3 unspecified atom stereocenters. The van der Waals surface area contributed by atoms with E-state index in [1.54, 1.807) is 7.11 Å². The highest BCUT2D eigenvalue weighted by Gasteiger charge is 2.31. The molecule has 1 aliphatic carbocycles. The van der Waals surface area contributed by atoms with Gasteiger partial charge >= 0.3 is 0 Å². The number of ether oxygens (including phenoxy) is 1. The number of nitrogens with zero attached hydrogens (tertiary/aromatic N) is 1. The van der Waals surface area contributed by atoms with Gasteiger partial charge in [0.15, 0.2) is 0 Å². The van der Waals surface area contributed by atoms with Gasteiger partial charge in [-0.3, -0.25) is 4.79 Å². The molecule has 3 atom stereocenters. The van der Waals surface area contributed by atoms with Gasteiger partial charge in [-0.15, -0.1) is 0 Å². The van der Waals surface area contributed by atoms with Gasteiger partial charge in [0.25, 0.3) is 0 Å². The molecule has 1 saturated carbocycles. The van der Waals surface area contributed by atoms with Crippen LogP contribution < -0.4 is 5.73 Å². The van der Waals surface area contributed by atoms with Crippen LogP contribution in [0.5, 0.6) is 0 Å². The summed E-state index contributed by atoms with van der Waals surface area (Å²) in [5, 5.41) is 0. The highest BCUT2D eigenvalue weighted by atomic mass is 16.5. The molecule has 1 amide bonds. The molecular weight excluding hydrogens is 252 g/mol. The lowest BCUT2D eigenvalue weighted by Crippen LogP contribution is -2.52. The van der Waals surface area contributed by atoms with Crippen LogP contribution >= 0.6 is 0 Å². The van der Waals surface area contributed by atoms with Gasteiger partial charge in [-0.2, -0.15) is 0 Å². The standard InChI is InChI=1S/C16H30N2O2/c1-12-8-9-18(11-15(12)20-2)16(19)14(17)10-13-6-4-3-5-7-13/h12-15H,3-11,17H2,1-2H3. The van der Waals surface area contributed by atoms with E-state index in [9.17, 15) is 4.79 Å². The maximum atomic E-state index is 12.5. The predicted octanol–water partition coefficient (Wildman–Crippen LogP) is 2.17. The molecule has 1 aliphatic heterocycles. The van der Waals surface area contributed by atoms with Crippen molar-refractivity contribution in [3.05, 3.63) is 0 Å². The topological polar surface area (TPSA) is 55.6 Å². The first-order valence-electron chi connectivity index (χ1n) is 8.19. The van der Waals surface area contributed by atoms with Gasteiger partial charge in [-0.1, -0.05) is 39.0 Å². The maximum Gasteiger partial charge on any atom is 0.239 e. The smallest absolute Gasteiger partial charge is 0.239 e. The zero-order chi connectivity index (χ0) is 14.5. The molecule has 0 radical (unpaired) electrons. The van der Waals surface area contributed by atoms with Crippen molar-refractivity contribution >= 4 is 5.91 Å². The van der Waals surface area contributed by atoms with Crippen LogP contribution in [0.2, 0.25) is 0 Å². The molecule has 2 aliphatic rings. The molecule has 0 spiro atoms. The number of rotatable bonds is 4. The Bertz CT molecular complexity index is 316. The molecule has 4 nitrogen and oxygen atoms in total. The predicted molar refractivity (Wildman–Crippen MR) is 80.3 cm³/mol. The van der Waals surface area contributed by atoms with Crippen LogP contribution in [0.25, 0.3) is 0 Å². The van der Waals surface area contributed by atoms with Gasteiger partial charge in [0.1, 0.15) is 0 Å². The molecule has 20 heavy (non-hydrogen) atoms. The number of hydrogen-bond acceptors (Lipinski definition) is 3. The second-order valence-corrected chi connectivity index (χ2v) is 6.67. The summed E-state index contributed by atoms with van der Waals surface area (Å²) in [6.07, 6.45) is 8.49. The first-order valence-corrected chi connectivity index (χ1v) is 8.19. The summed E-state index contributed by atoms with van der Waals surface area (Å²) < 4.78 is 5.48. The lowest BCUT2D eigenvalue weighted by Gasteiger charge is -2.37. The molecule has 2 fully saturated rings. The van der Waals surface area contributed by atoms with Crippen molar-refractivity contribution in [3.8, 4) is 0 Å². The normalized spacial score (nSPS) is 30.2. The monoisotopic (exact) mass is 282 g/mol. The van der Waals surface area contributed by atoms with Crippen LogP contribution in [0, 0.1) is 11.8 Å². The van der Waals surface area contributed by atoms with E-state index in [0.29, 0.717) is 18.4 Å². The number of nitrogens with two attached hydrogens (primary N) is 1. The van der Waals surface area contributed by atoms with Gasteiger partial charge in [-0.25, -0.2) is 0 Å². The molecular formula is C16H30N2O2. The van der Waals surface area contributed by atoms with Crippen molar-refractivity contribution in [1.82, 2.24) is 4.90 Å². The second kappa shape index (κ2) is 7.41. The van der Waals surface area contributed by atoms with E-state index in [-0.39, 0.29) is 18.1 Å². The third kappa shape index (κ3) is 3.95. The Morgan fingerprint density at radius 3 is 2.65 bits per heavy atom. The van der Waals surface area contributed by atoms with Crippen molar-refractivity contribution in [2.45, 2.75) is 64.0 Å². The third-order valence-electron chi connectivity index (χ3n) is 5.13. The highest BCUT2D eigenvalue weighted by molar-refractivity contribution is 5.81. The van der Waals surface area contributed by atoms with Gasteiger partial charge < -0.3 is 15.4 Å². The number of methoxy groups -OCH3 is 1. The number of piperidine rings is 1. The Balaban J connectivity index is 1.83. The molecule has 116 valence electrons. The molecule has 0 bridgehead atoms. The zero-order valence-electron chi connectivity index (χ0n) is 13.0. The average molecular weight is 282 g/mol. The number of hydrogen-bond donors (Lipinski definition) is 1. The van der Waals surface area contributed by atoms with Crippen LogP contribution in [0.15, 0.2) is 0 Å². The molecule has 4 heteroatoms. The Labute approximate surface area is 123 Å². The summed E-state index contributed by atoms with van der Waals surface area (Å²) in [5.41, 5.74) is 6.17. The van der Waals surface area contributed by atoms with Gasteiger partial charge in [0, 0.05) is 20.2 Å². The lowest BCUT2D eigenvalue weighted by atomic mass is 9.84. The summed E-state index contributed by atoms with van der Waals surface area (Å²) >= 11 is 0.